The van der Waals surface area contributed by atoms with E-state index in [0.717, 1.165) is 0 Å². The second-order valence-corrected chi connectivity index (χ2v) is 3.50. The number of hydrogen-bond acceptors (Lipinski definition) is 5. The van der Waals surface area contributed by atoms with E-state index >= 15 is 0 Å². The van der Waals surface area contributed by atoms with Gasteiger partial charge >= 0.3 is 6.18 Å². The molecule has 100 valence electrons. The summed E-state index contributed by atoms with van der Waals surface area (Å²) >= 11 is 0. The maximum absolute atomic E-state index is 12.4. The van der Waals surface area contributed by atoms with Crippen LogP contribution in [0.3, 0.4) is 0 Å². The quantitative estimate of drug-likeness (QED) is 0.680. The zero-order chi connectivity index (χ0) is 13.8. The monoisotopic (exact) mass is 263 g/mol. The number of aromatic nitrogens is 2. The summed E-state index contributed by atoms with van der Waals surface area (Å²) in [5.74, 6) is -2.11. The number of halogens is 3. The second-order valence-electron chi connectivity index (χ2n) is 3.50. The van der Waals surface area contributed by atoms with E-state index in [1.54, 1.807) is 0 Å². The number of nitrogens with two attached hydrogens (primary N) is 2. The fourth-order valence-corrected chi connectivity index (χ4v) is 1.16. The van der Waals surface area contributed by atoms with Gasteiger partial charge in [0.1, 0.15) is 11.6 Å². The number of amides is 1. The molecule has 0 atom stereocenters. The lowest BCUT2D eigenvalue weighted by atomic mass is 10.3. The number of hydrogen-bond donors (Lipinski definition) is 3. The van der Waals surface area contributed by atoms with Crippen molar-refractivity contribution in [3.8, 4) is 0 Å². The van der Waals surface area contributed by atoms with E-state index in [-0.39, 0.29) is 24.6 Å². The fraction of sp³-hybridized carbons (Fsp3) is 0.444. The standard InChI is InChI=1S/C9H12F3N5O/c10-9(11,12)8-16-5(13)4-7(17-8)15-3-1-2-6(14)18/h4H,1-3H2,(H2,14,18)(H3,13,15,16,17). The molecule has 0 saturated heterocycles. The smallest absolute Gasteiger partial charge is 0.384 e. The van der Waals surface area contributed by atoms with Crippen LogP contribution < -0.4 is 16.8 Å². The van der Waals surface area contributed by atoms with Crippen molar-refractivity contribution in [2.24, 2.45) is 5.73 Å². The van der Waals surface area contributed by atoms with Gasteiger partial charge in [-0.3, -0.25) is 4.79 Å². The summed E-state index contributed by atoms with van der Waals surface area (Å²) in [7, 11) is 0. The Morgan fingerprint density at radius 1 is 1.39 bits per heavy atom. The SMILES string of the molecule is NC(=O)CCCNc1cc(N)nc(C(F)(F)F)n1. The van der Waals surface area contributed by atoms with Gasteiger partial charge in [-0.15, -0.1) is 0 Å². The van der Waals surface area contributed by atoms with Gasteiger partial charge in [0.2, 0.25) is 11.7 Å². The van der Waals surface area contributed by atoms with E-state index in [1.165, 1.54) is 6.07 Å². The van der Waals surface area contributed by atoms with Gasteiger partial charge in [0.15, 0.2) is 0 Å². The van der Waals surface area contributed by atoms with Crippen molar-refractivity contribution in [3.63, 3.8) is 0 Å². The molecule has 6 nitrogen and oxygen atoms in total. The number of carbonyl (C=O) groups excluding carboxylic acids is 1. The van der Waals surface area contributed by atoms with Crippen LogP contribution in [0, 0.1) is 0 Å². The third kappa shape index (κ3) is 4.44. The molecule has 9 heteroatoms. The van der Waals surface area contributed by atoms with E-state index in [2.05, 4.69) is 15.3 Å². The molecule has 0 unspecified atom stereocenters. The van der Waals surface area contributed by atoms with Gasteiger partial charge in [-0.2, -0.15) is 13.2 Å². The maximum atomic E-state index is 12.4. The summed E-state index contributed by atoms with van der Waals surface area (Å²) in [6.45, 7) is 0.261. The Morgan fingerprint density at radius 3 is 2.61 bits per heavy atom. The molecule has 0 aliphatic heterocycles. The Labute approximate surface area is 101 Å². The Kier molecular flexibility index (Phi) is 4.29. The Balaban J connectivity index is 2.66. The number of nitrogens with zero attached hydrogens (tertiary/aromatic N) is 2. The van der Waals surface area contributed by atoms with Gasteiger partial charge in [0.25, 0.3) is 0 Å². The van der Waals surface area contributed by atoms with Crippen LogP contribution >= 0.6 is 0 Å². The van der Waals surface area contributed by atoms with Crippen LogP contribution in [0.5, 0.6) is 0 Å². The molecule has 0 aromatic carbocycles. The molecule has 0 aliphatic rings. The lowest BCUT2D eigenvalue weighted by molar-refractivity contribution is -0.144. The number of nitrogens with one attached hydrogen (secondary N) is 1. The van der Waals surface area contributed by atoms with Crippen molar-refractivity contribution in [2.75, 3.05) is 17.6 Å². The first kappa shape index (κ1) is 14.0. The average molecular weight is 263 g/mol. The molecule has 0 aliphatic carbocycles. The Morgan fingerprint density at radius 2 is 2.06 bits per heavy atom. The molecule has 0 fully saturated rings. The van der Waals surface area contributed by atoms with Crippen molar-refractivity contribution in [1.29, 1.82) is 0 Å². The predicted molar refractivity (Wildman–Crippen MR) is 58.4 cm³/mol. The Bertz CT molecular complexity index is 435. The van der Waals surface area contributed by atoms with Crippen LogP contribution in [0.2, 0.25) is 0 Å². The number of rotatable bonds is 5. The molecule has 1 heterocycles. The molecule has 0 bridgehead atoms. The lowest BCUT2D eigenvalue weighted by Crippen LogP contribution is -2.16. The summed E-state index contributed by atoms with van der Waals surface area (Å²) in [5, 5.41) is 2.61. The van der Waals surface area contributed by atoms with Gasteiger partial charge in [0, 0.05) is 19.0 Å². The van der Waals surface area contributed by atoms with E-state index in [1.807, 2.05) is 0 Å². The molecule has 1 aromatic rings. The zero-order valence-electron chi connectivity index (χ0n) is 9.29. The van der Waals surface area contributed by atoms with Gasteiger partial charge < -0.3 is 16.8 Å². The first-order chi connectivity index (χ1) is 8.29. The first-order valence-corrected chi connectivity index (χ1v) is 5.03. The van der Waals surface area contributed by atoms with Crippen molar-refractivity contribution in [3.05, 3.63) is 11.9 Å². The molecular formula is C9H12F3N5O. The minimum atomic E-state index is -4.65. The highest BCUT2D eigenvalue weighted by Gasteiger charge is 2.35. The summed E-state index contributed by atoms with van der Waals surface area (Å²) in [6, 6.07) is 1.18. The minimum absolute atomic E-state index is 0.0423. The number of carbonyl (C=O) groups is 1. The third-order valence-electron chi connectivity index (χ3n) is 1.91. The molecule has 0 spiro atoms. The summed E-state index contributed by atoms with van der Waals surface area (Å²) < 4.78 is 37.1. The molecule has 1 aromatic heterocycles. The molecule has 0 saturated carbocycles. The number of nitrogen functional groups attached to an aromatic ring is 1. The van der Waals surface area contributed by atoms with Gasteiger partial charge in [-0.1, -0.05) is 0 Å². The predicted octanol–water partition coefficient (Wildman–Crippen LogP) is 0.755. The molecule has 1 rings (SSSR count). The largest absolute Gasteiger partial charge is 0.451 e. The van der Waals surface area contributed by atoms with Gasteiger partial charge in [-0.25, -0.2) is 9.97 Å². The molecule has 18 heavy (non-hydrogen) atoms. The normalized spacial score (nSPS) is 11.3. The van der Waals surface area contributed by atoms with Crippen LogP contribution in [0.25, 0.3) is 0 Å². The highest BCUT2D eigenvalue weighted by atomic mass is 19.4. The number of alkyl halides is 3. The Hall–Kier alpha value is -2.06. The lowest BCUT2D eigenvalue weighted by Gasteiger charge is -2.09. The van der Waals surface area contributed by atoms with Crippen molar-refractivity contribution in [2.45, 2.75) is 19.0 Å². The topological polar surface area (TPSA) is 107 Å². The molecule has 0 radical (unpaired) electrons. The van der Waals surface area contributed by atoms with Crippen LogP contribution in [0.4, 0.5) is 24.8 Å². The average Bonchev–Trinajstić information content (AvgIpc) is 2.22. The third-order valence-corrected chi connectivity index (χ3v) is 1.91. The van der Waals surface area contributed by atoms with E-state index in [0.29, 0.717) is 6.42 Å². The molecule has 5 N–H and O–H groups in total. The second kappa shape index (κ2) is 5.52. The highest BCUT2D eigenvalue weighted by molar-refractivity contribution is 5.73. The zero-order valence-corrected chi connectivity index (χ0v) is 9.29. The number of anilines is 2. The van der Waals surface area contributed by atoms with E-state index in [4.69, 9.17) is 11.5 Å². The van der Waals surface area contributed by atoms with Gasteiger partial charge in [0.05, 0.1) is 0 Å². The van der Waals surface area contributed by atoms with Crippen molar-refractivity contribution >= 4 is 17.5 Å². The number of primary amides is 1. The summed E-state index contributed by atoms with van der Waals surface area (Å²) in [5.41, 5.74) is 10.2. The minimum Gasteiger partial charge on any atom is -0.384 e. The summed E-state index contributed by atoms with van der Waals surface area (Å²) in [6.07, 6.45) is -4.13. The maximum Gasteiger partial charge on any atom is 0.451 e. The van der Waals surface area contributed by atoms with Gasteiger partial charge in [-0.05, 0) is 6.42 Å². The van der Waals surface area contributed by atoms with Crippen molar-refractivity contribution in [1.82, 2.24) is 9.97 Å². The van der Waals surface area contributed by atoms with Crippen LogP contribution in [-0.4, -0.2) is 22.4 Å². The highest BCUT2D eigenvalue weighted by Crippen LogP contribution is 2.27. The van der Waals surface area contributed by atoms with Crippen LogP contribution in [0.1, 0.15) is 18.7 Å². The fourth-order valence-electron chi connectivity index (χ4n) is 1.16. The van der Waals surface area contributed by atoms with E-state index in [9.17, 15) is 18.0 Å². The van der Waals surface area contributed by atoms with Crippen molar-refractivity contribution < 1.29 is 18.0 Å². The van der Waals surface area contributed by atoms with Crippen LogP contribution in [-0.2, 0) is 11.0 Å². The van der Waals surface area contributed by atoms with E-state index < -0.39 is 17.9 Å². The molecule has 1 amide bonds. The molecular weight excluding hydrogens is 251 g/mol. The first-order valence-electron chi connectivity index (χ1n) is 5.03. The summed E-state index contributed by atoms with van der Waals surface area (Å²) in [4.78, 5) is 16.8. The van der Waals surface area contributed by atoms with Crippen LogP contribution in [0.15, 0.2) is 6.07 Å².